The molecule has 1 unspecified atom stereocenters. The third-order valence-corrected chi connectivity index (χ3v) is 1.82. The summed E-state index contributed by atoms with van der Waals surface area (Å²) in [5.41, 5.74) is 4.44. The van der Waals surface area contributed by atoms with Crippen molar-refractivity contribution in [2.75, 3.05) is 13.2 Å². The van der Waals surface area contributed by atoms with E-state index in [1.54, 1.807) is 13.8 Å². The van der Waals surface area contributed by atoms with Crippen molar-refractivity contribution in [2.45, 2.75) is 26.3 Å². The van der Waals surface area contributed by atoms with Gasteiger partial charge in [0.05, 0.1) is 5.54 Å². The predicted octanol–water partition coefficient (Wildman–Crippen LogP) is -0.532. The number of primary amides is 1. The highest BCUT2D eigenvalue weighted by Gasteiger charge is 2.23. The third kappa shape index (κ3) is 3.69. The first-order valence-electron chi connectivity index (χ1n) is 4.06. The fraction of sp³-hybridized carbons (Fsp3) is 0.875. The van der Waals surface area contributed by atoms with Crippen molar-refractivity contribution in [3.63, 3.8) is 0 Å². The zero-order chi connectivity index (χ0) is 9.78. The average molecular weight is 174 g/mol. The SMILES string of the molecule is CC(CO)CNC(C)(C)C(N)=O. The summed E-state index contributed by atoms with van der Waals surface area (Å²) >= 11 is 0. The lowest BCUT2D eigenvalue weighted by Gasteiger charge is -2.23. The summed E-state index contributed by atoms with van der Waals surface area (Å²) < 4.78 is 0. The Bertz CT molecular complexity index is 157. The normalized spacial score (nSPS) is 14.3. The van der Waals surface area contributed by atoms with Crippen molar-refractivity contribution in [2.24, 2.45) is 11.7 Å². The fourth-order valence-electron chi connectivity index (χ4n) is 0.581. The molecule has 4 heteroatoms. The number of rotatable bonds is 5. The van der Waals surface area contributed by atoms with E-state index in [4.69, 9.17) is 10.8 Å². The average Bonchev–Trinajstić information content (AvgIpc) is 2.00. The summed E-state index contributed by atoms with van der Waals surface area (Å²) in [7, 11) is 0. The Morgan fingerprint density at radius 3 is 2.50 bits per heavy atom. The largest absolute Gasteiger partial charge is 0.396 e. The monoisotopic (exact) mass is 174 g/mol. The lowest BCUT2D eigenvalue weighted by Crippen LogP contribution is -2.52. The standard InChI is InChI=1S/C8H18N2O2/c1-6(5-11)4-10-8(2,3)7(9)12/h6,10-11H,4-5H2,1-3H3,(H2,9,12). The first-order valence-corrected chi connectivity index (χ1v) is 4.06. The zero-order valence-electron chi connectivity index (χ0n) is 7.92. The molecular formula is C8H18N2O2. The summed E-state index contributed by atoms with van der Waals surface area (Å²) in [4.78, 5) is 10.8. The quantitative estimate of drug-likeness (QED) is 0.524. The van der Waals surface area contributed by atoms with Gasteiger partial charge in [-0.25, -0.2) is 0 Å². The number of hydrogen-bond acceptors (Lipinski definition) is 3. The molecule has 72 valence electrons. The molecule has 0 spiro atoms. The van der Waals surface area contributed by atoms with Crippen LogP contribution in [0.2, 0.25) is 0 Å². The number of nitrogens with one attached hydrogen (secondary N) is 1. The summed E-state index contributed by atoms with van der Waals surface area (Å²) in [5, 5.41) is 11.7. The number of aliphatic hydroxyl groups is 1. The highest BCUT2D eigenvalue weighted by atomic mass is 16.3. The van der Waals surface area contributed by atoms with E-state index in [2.05, 4.69) is 5.32 Å². The van der Waals surface area contributed by atoms with Crippen LogP contribution in [0.3, 0.4) is 0 Å². The Hall–Kier alpha value is -0.610. The predicted molar refractivity (Wildman–Crippen MR) is 47.5 cm³/mol. The Balaban J connectivity index is 3.83. The number of amides is 1. The zero-order valence-corrected chi connectivity index (χ0v) is 7.92. The second-order valence-corrected chi connectivity index (χ2v) is 3.66. The van der Waals surface area contributed by atoms with Crippen LogP contribution in [0.1, 0.15) is 20.8 Å². The molecule has 1 atom stereocenters. The molecule has 0 aliphatic carbocycles. The maximum atomic E-state index is 10.8. The lowest BCUT2D eigenvalue weighted by atomic mass is 10.0. The van der Waals surface area contributed by atoms with Crippen LogP contribution in [0.5, 0.6) is 0 Å². The summed E-state index contributed by atoms with van der Waals surface area (Å²) in [5.74, 6) is -0.240. The second-order valence-electron chi connectivity index (χ2n) is 3.66. The maximum absolute atomic E-state index is 10.8. The summed E-state index contributed by atoms with van der Waals surface area (Å²) in [6, 6.07) is 0. The highest BCUT2D eigenvalue weighted by molar-refractivity contribution is 5.83. The second kappa shape index (κ2) is 4.42. The first kappa shape index (κ1) is 11.4. The van der Waals surface area contributed by atoms with E-state index in [1.807, 2.05) is 6.92 Å². The molecule has 0 aromatic rings. The topological polar surface area (TPSA) is 75.3 Å². The van der Waals surface area contributed by atoms with Gasteiger partial charge < -0.3 is 16.2 Å². The van der Waals surface area contributed by atoms with Gasteiger partial charge in [-0.05, 0) is 19.8 Å². The van der Waals surface area contributed by atoms with Crippen molar-refractivity contribution in [3.05, 3.63) is 0 Å². The Labute approximate surface area is 73.1 Å². The van der Waals surface area contributed by atoms with Crippen LogP contribution >= 0.6 is 0 Å². The van der Waals surface area contributed by atoms with Crippen molar-refractivity contribution in [1.82, 2.24) is 5.32 Å². The maximum Gasteiger partial charge on any atom is 0.237 e. The Kier molecular flexibility index (Phi) is 4.20. The number of nitrogens with two attached hydrogens (primary N) is 1. The van der Waals surface area contributed by atoms with Gasteiger partial charge in [0.15, 0.2) is 0 Å². The van der Waals surface area contributed by atoms with Crippen molar-refractivity contribution >= 4 is 5.91 Å². The van der Waals surface area contributed by atoms with Gasteiger partial charge in [-0.1, -0.05) is 6.92 Å². The van der Waals surface area contributed by atoms with Gasteiger partial charge in [-0.15, -0.1) is 0 Å². The molecule has 0 aliphatic heterocycles. The summed E-state index contributed by atoms with van der Waals surface area (Å²) in [6.45, 7) is 6.04. The molecule has 0 aromatic carbocycles. The molecule has 0 saturated carbocycles. The fourth-order valence-corrected chi connectivity index (χ4v) is 0.581. The van der Waals surface area contributed by atoms with Crippen molar-refractivity contribution in [1.29, 1.82) is 0 Å². The van der Waals surface area contributed by atoms with Crippen LogP contribution in [-0.4, -0.2) is 29.7 Å². The van der Waals surface area contributed by atoms with Crippen molar-refractivity contribution in [3.8, 4) is 0 Å². The molecular weight excluding hydrogens is 156 g/mol. The lowest BCUT2D eigenvalue weighted by molar-refractivity contribution is -0.123. The van der Waals surface area contributed by atoms with E-state index in [1.165, 1.54) is 0 Å². The van der Waals surface area contributed by atoms with E-state index in [0.29, 0.717) is 6.54 Å². The minimum Gasteiger partial charge on any atom is -0.396 e. The molecule has 4 nitrogen and oxygen atoms in total. The van der Waals surface area contributed by atoms with Gasteiger partial charge >= 0.3 is 0 Å². The number of carbonyl (C=O) groups excluding carboxylic acids is 1. The smallest absolute Gasteiger partial charge is 0.237 e. The molecule has 0 heterocycles. The van der Waals surface area contributed by atoms with E-state index >= 15 is 0 Å². The van der Waals surface area contributed by atoms with E-state index < -0.39 is 5.54 Å². The van der Waals surface area contributed by atoms with Crippen LogP contribution in [0.4, 0.5) is 0 Å². The molecule has 0 aliphatic rings. The van der Waals surface area contributed by atoms with E-state index in [9.17, 15) is 4.79 Å². The van der Waals surface area contributed by atoms with Crippen LogP contribution in [0.25, 0.3) is 0 Å². The molecule has 4 N–H and O–H groups in total. The number of carbonyl (C=O) groups is 1. The van der Waals surface area contributed by atoms with Crippen LogP contribution in [0, 0.1) is 5.92 Å². The first-order chi connectivity index (χ1) is 5.40. The molecule has 0 rings (SSSR count). The minimum atomic E-state index is -0.691. The van der Waals surface area contributed by atoms with Crippen molar-refractivity contribution < 1.29 is 9.90 Å². The molecule has 0 aromatic heterocycles. The molecule has 0 radical (unpaired) electrons. The van der Waals surface area contributed by atoms with Crippen LogP contribution in [0.15, 0.2) is 0 Å². The van der Waals surface area contributed by atoms with Crippen LogP contribution in [-0.2, 0) is 4.79 Å². The van der Waals surface area contributed by atoms with E-state index in [-0.39, 0.29) is 18.4 Å². The van der Waals surface area contributed by atoms with Gasteiger partial charge in [0, 0.05) is 13.2 Å². The van der Waals surface area contributed by atoms with Gasteiger partial charge in [-0.3, -0.25) is 4.79 Å². The third-order valence-electron chi connectivity index (χ3n) is 1.82. The van der Waals surface area contributed by atoms with Gasteiger partial charge in [0.1, 0.15) is 0 Å². The van der Waals surface area contributed by atoms with E-state index in [0.717, 1.165) is 0 Å². The highest BCUT2D eigenvalue weighted by Crippen LogP contribution is 2.01. The Morgan fingerprint density at radius 2 is 2.17 bits per heavy atom. The number of hydrogen-bond donors (Lipinski definition) is 3. The van der Waals surface area contributed by atoms with Crippen LogP contribution < -0.4 is 11.1 Å². The minimum absolute atomic E-state index is 0.113. The van der Waals surface area contributed by atoms with Gasteiger partial charge in [0.2, 0.25) is 5.91 Å². The number of aliphatic hydroxyl groups excluding tert-OH is 1. The molecule has 1 amide bonds. The molecule has 12 heavy (non-hydrogen) atoms. The Morgan fingerprint density at radius 1 is 1.67 bits per heavy atom. The molecule has 0 bridgehead atoms. The summed E-state index contributed by atoms with van der Waals surface area (Å²) in [6.07, 6.45) is 0. The molecule has 0 saturated heterocycles. The van der Waals surface area contributed by atoms with Gasteiger partial charge in [-0.2, -0.15) is 0 Å². The molecule has 0 fully saturated rings. The van der Waals surface area contributed by atoms with Gasteiger partial charge in [0.25, 0.3) is 0 Å².